The number of phenols is 2. The Kier molecular flexibility index (Phi) is 11.1. The number of benzene rings is 2. The molecule has 3 atom stereocenters. The van der Waals surface area contributed by atoms with Gasteiger partial charge in [0.25, 0.3) is 0 Å². The van der Waals surface area contributed by atoms with Crippen LogP contribution in [0.5, 0.6) is 17.2 Å². The van der Waals surface area contributed by atoms with Crippen molar-refractivity contribution in [3.05, 3.63) is 58.7 Å². The third-order valence-corrected chi connectivity index (χ3v) is 6.90. The molecule has 2 aromatic carbocycles. The number of ether oxygens (including phenoxy) is 2. The molecule has 0 aliphatic carbocycles. The van der Waals surface area contributed by atoms with E-state index in [0.717, 1.165) is 0 Å². The molecule has 216 valence electrons. The van der Waals surface area contributed by atoms with Crippen LogP contribution in [0, 0.1) is 0 Å². The van der Waals surface area contributed by atoms with Gasteiger partial charge in [0.1, 0.15) is 28.6 Å². The maximum atomic E-state index is 13.4. The third-order valence-electron chi connectivity index (χ3n) is 6.90. The molecule has 0 saturated carbocycles. The summed E-state index contributed by atoms with van der Waals surface area (Å²) in [7, 11) is 1.53. The van der Waals surface area contributed by atoms with Gasteiger partial charge in [0.15, 0.2) is 0 Å². The molecular weight excluding hydrogens is 514 g/mol. The quantitative estimate of drug-likeness (QED) is 0.364. The second-order valence-electron chi connectivity index (χ2n) is 10.2. The second kappa shape index (κ2) is 14.5. The highest BCUT2D eigenvalue weighted by molar-refractivity contribution is 5.98. The van der Waals surface area contributed by atoms with E-state index in [1.165, 1.54) is 13.2 Å². The molecule has 0 fully saturated rings. The minimum atomic E-state index is -0.835. The zero-order valence-electron chi connectivity index (χ0n) is 23.3. The number of amides is 1. The number of Topliss-reactive ketones (excluding diaryl/α,β-unsaturated/α-hetero) is 1. The van der Waals surface area contributed by atoms with Gasteiger partial charge in [-0.15, -0.1) is 0 Å². The normalized spacial score (nSPS) is 18.9. The smallest absolute Gasteiger partial charge is 0.342 e. The molecule has 1 heterocycles. The molecule has 40 heavy (non-hydrogen) atoms. The van der Waals surface area contributed by atoms with Crippen LogP contribution >= 0.6 is 0 Å². The number of carbonyl (C=O) groups excluding carboxylic acids is 3. The van der Waals surface area contributed by atoms with E-state index in [4.69, 9.17) is 9.47 Å². The average molecular weight is 554 g/mol. The second-order valence-corrected chi connectivity index (χ2v) is 10.2. The first-order valence-electron chi connectivity index (χ1n) is 13.7. The number of hydrogen-bond donors (Lipinski definition) is 4. The lowest BCUT2D eigenvalue weighted by molar-refractivity contribution is -0.122. The van der Waals surface area contributed by atoms with Gasteiger partial charge >= 0.3 is 5.97 Å². The van der Waals surface area contributed by atoms with Crippen LogP contribution in [0.4, 0.5) is 0 Å². The maximum Gasteiger partial charge on any atom is 0.342 e. The maximum absolute atomic E-state index is 13.4. The fourth-order valence-corrected chi connectivity index (χ4v) is 4.76. The molecule has 0 saturated heterocycles. The molecule has 2 aromatic rings. The first-order valence-corrected chi connectivity index (χ1v) is 13.7. The summed E-state index contributed by atoms with van der Waals surface area (Å²) < 4.78 is 10.9. The van der Waals surface area contributed by atoms with Crippen molar-refractivity contribution in [1.29, 1.82) is 0 Å². The lowest BCUT2D eigenvalue weighted by Gasteiger charge is -2.23. The Morgan fingerprint density at radius 2 is 1.85 bits per heavy atom. The first kappa shape index (κ1) is 30.7. The number of carbonyl (C=O) groups is 3. The monoisotopic (exact) mass is 553 g/mol. The number of aromatic hydroxyl groups is 2. The van der Waals surface area contributed by atoms with Crippen molar-refractivity contribution in [3.63, 3.8) is 0 Å². The Labute approximate surface area is 234 Å². The van der Waals surface area contributed by atoms with Crippen LogP contribution < -0.4 is 10.1 Å². The molecule has 4 N–H and O–H groups in total. The van der Waals surface area contributed by atoms with Gasteiger partial charge in [0, 0.05) is 37.3 Å². The molecule has 0 spiro atoms. The molecule has 1 amide bonds. The van der Waals surface area contributed by atoms with Crippen LogP contribution in [-0.2, 0) is 14.3 Å². The fraction of sp³-hybridized carbons (Fsp3) is 0.452. The van der Waals surface area contributed by atoms with Crippen LogP contribution in [0.25, 0.3) is 6.08 Å². The molecule has 0 aromatic heterocycles. The van der Waals surface area contributed by atoms with Crippen LogP contribution in [0.3, 0.4) is 0 Å². The summed E-state index contributed by atoms with van der Waals surface area (Å²) in [5, 5.41) is 34.9. The van der Waals surface area contributed by atoms with Crippen LogP contribution in [0.2, 0.25) is 0 Å². The predicted molar refractivity (Wildman–Crippen MR) is 151 cm³/mol. The van der Waals surface area contributed by atoms with Gasteiger partial charge in [0.2, 0.25) is 5.91 Å². The number of allylic oxidation sites excluding steroid dienone is 1. The fourth-order valence-electron chi connectivity index (χ4n) is 4.76. The van der Waals surface area contributed by atoms with Crippen molar-refractivity contribution < 1.29 is 39.2 Å². The van der Waals surface area contributed by atoms with Crippen molar-refractivity contribution in [2.24, 2.45) is 0 Å². The Hall–Kier alpha value is -3.85. The Bertz CT molecular complexity index is 1220. The third kappa shape index (κ3) is 8.32. The minimum absolute atomic E-state index is 0.0147. The van der Waals surface area contributed by atoms with E-state index in [1.54, 1.807) is 50.3 Å². The van der Waals surface area contributed by atoms with Gasteiger partial charge in [-0.25, -0.2) is 4.79 Å². The van der Waals surface area contributed by atoms with E-state index in [9.17, 15) is 29.7 Å². The highest BCUT2D eigenvalue weighted by atomic mass is 16.5. The van der Waals surface area contributed by atoms with E-state index in [0.29, 0.717) is 49.8 Å². The van der Waals surface area contributed by atoms with Gasteiger partial charge < -0.3 is 30.1 Å². The number of rotatable bonds is 7. The van der Waals surface area contributed by atoms with Gasteiger partial charge in [-0.1, -0.05) is 24.3 Å². The molecule has 1 aliphatic rings. The molecule has 9 heteroatoms. The molecule has 0 bridgehead atoms. The lowest BCUT2D eigenvalue weighted by atomic mass is 9.84. The van der Waals surface area contributed by atoms with Crippen molar-refractivity contribution >= 4 is 23.7 Å². The highest BCUT2D eigenvalue weighted by Crippen LogP contribution is 2.44. The number of fused-ring (bicyclic) bond motifs is 1. The molecule has 1 aliphatic heterocycles. The Balaban J connectivity index is 2.11. The molecule has 3 rings (SSSR count). The summed E-state index contributed by atoms with van der Waals surface area (Å²) in [6.45, 7) is 3.32. The van der Waals surface area contributed by atoms with E-state index >= 15 is 0 Å². The standard InChI is InChI=1S/C31H39NO8/c1-19(33)18-32-27(36)17-25(21-12-14-24(39-3)15-13-21)29-26(35)16-22-9-5-4-6-10-23(34)11-7-8-20(2)40-31(38)28(22)30(29)37/h5,9,12-16,19-20,25,33,35,37H,4,6-8,10-11,17-18H2,1-3H3,(H,32,36)/b9-5+/t19-,20+,25?/m1/s1. The number of esters is 1. The summed E-state index contributed by atoms with van der Waals surface area (Å²) >= 11 is 0. The molecular formula is C31H39NO8. The van der Waals surface area contributed by atoms with Crippen molar-refractivity contribution in [2.75, 3.05) is 13.7 Å². The minimum Gasteiger partial charge on any atom is -0.507 e. The highest BCUT2D eigenvalue weighted by Gasteiger charge is 2.31. The van der Waals surface area contributed by atoms with E-state index < -0.39 is 35.8 Å². The number of phenolic OH excluding ortho intramolecular Hbond substituents is 2. The van der Waals surface area contributed by atoms with E-state index in [-0.39, 0.29) is 41.2 Å². The van der Waals surface area contributed by atoms with Crippen molar-refractivity contribution in [3.8, 4) is 17.2 Å². The largest absolute Gasteiger partial charge is 0.507 e. The number of aliphatic hydroxyl groups excluding tert-OH is 1. The molecule has 1 unspecified atom stereocenters. The van der Waals surface area contributed by atoms with E-state index in [2.05, 4.69) is 5.32 Å². The number of ketones is 1. The SMILES string of the molecule is COc1ccc(C(CC(=O)NC[C@@H](C)O)c2c(O)cc3c(c2O)C(=O)O[C@@H](C)CCCC(=O)CCC/C=C/3)cc1. The van der Waals surface area contributed by atoms with Gasteiger partial charge in [0.05, 0.1) is 19.3 Å². The average Bonchev–Trinajstić information content (AvgIpc) is 2.90. The Morgan fingerprint density at radius 1 is 1.15 bits per heavy atom. The number of aliphatic hydroxyl groups is 1. The number of cyclic esters (lactones) is 1. The predicted octanol–water partition coefficient (Wildman–Crippen LogP) is 4.61. The summed E-state index contributed by atoms with van der Waals surface area (Å²) in [4.78, 5) is 38.3. The zero-order valence-corrected chi connectivity index (χ0v) is 23.3. The number of methoxy groups -OCH3 is 1. The van der Waals surface area contributed by atoms with Crippen LogP contribution in [-0.4, -0.2) is 58.8 Å². The zero-order chi connectivity index (χ0) is 29.2. The topological polar surface area (TPSA) is 142 Å². The van der Waals surface area contributed by atoms with Crippen molar-refractivity contribution in [2.45, 2.75) is 76.9 Å². The lowest BCUT2D eigenvalue weighted by Crippen LogP contribution is -2.31. The first-order chi connectivity index (χ1) is 19.1. The number of nitrogens with one attached hydrogen (secondary N) is 1. The summed E-state index contributed by atoms with van der Waals surface area (Å²) in [6, 6.07) is 8.23. The van der Waals surface area contributed by atoms with Gasteiger partial charge in [-0.2, -0.15) is 0 Å². The van der Waals surface area contributed by atoms with Crippen molar-refractivity contribution in [1.82, 2.24) is 5.32 Å². The summed E-state index contributed by atoms with van der Waals surface area (Å²) in [5.41, 5.74) is 0.778. The van der Waals surface area contributed by atoms with Gasteiger partial charge in [-0.05, 0) is 68.9 Å². The van der Waals surface area contributed by atoms with E-state index in [1.807, 2.05) is 0 Å². The molecule has 9 nitrogen and oxygen atoms in total. The number of hydrogen-bond acceptors (Lipinski definition) is 8. The summed E-state index contributed by atoms with van der Waals surface area (Å²) in [5.74, 6) is -2.01. The molecule has 0 radical (unpaired) electrons. The van der Waals surface area contributed by atoms with Crippen LogP contribution in [0.1, 0.15) is 91.8 Å². The van der Waals surface area contributed by atoms with Crippen LogP contribution in [0.15, 0.2) is 36.4 Å². The van der Waals surface area contributed by atoms with Gasteiger partial charge in [-0.3, -0.25) is 9.59 Å². The Morgan fingerprint density at radius 3 is 2.52 bits per heavy atom. The summed E-state index contributed by atoms with van der Waals surface area (Å²) in [6.07, 6.45) is 5.19.